The van der Waals surface area contributed by atoms with E-state index < -0.39 is 35.4 Å². The minimum Gasteiger partial charge on any atom is -0.307 e. The maximum atomic E-state index is 13.4. The summed E-state index contributed by atoms with van der Waals surface area (Å²) in [5.41, 5.74) is -2.10. The fourth-order valence-electron chi connectivity index (χ4n) is 1.75. The maximum Gasteiger partial charge on any atom is 0.417 e. The quantitative estimate of drug-likeness (QED) is 0.646. The number of rotatable bonds is 3. The van der Waals surface area contributed by atoms with Crippen LogP contribution < -0.4 is 5.56 Å². The molecule has 1 aromatic heterocycles. The number of hydrogen-bond donors (Lipinski definition) is 0. The number of aromatic nitrogens is 1. The lowest BCUT2D eigenvalue weighted by Gasteiger charge is -2.10. The number of nitrogens with zero attached hydrogens (tertiary/aromatic N) is 1. The van der Waals surface area contributed by atoms with Gasteiger partial charge in [-0.05, 0) is 18.2 Å². The average Bonchev–Trinajstić information content (AvgIpc) is 2.40. The Morgan fingerprint density at radius 2 is 1.76 bits per heavy atom. The van der Waals surface area contributed by atoms with Crippen LogP contribution in [0.15, 0.2) is 47.4 Å². The van der Waals surface area contributed by atoms with E-state index >= 15 is 0 Å². The molecule has 0 saturated carbocycles. The molecule has 0 saturated heterocycles. The lowest BCUT2D eigenvalue weighted by molar-refractivity contribution is -0.138. The van der Waals surface area contributed by atoms with Gasteiger partial charge in [-0.1, -0.05) is 12.1 Å². The van der Waals surface area contributed by atoms with Crippen molar-refractivity contribution in [2.24, 2.45) is 0 Å². The Bertz CT molecular complexity index is 734. The Labute approximate surface area is 116 Å². The zero-order chi connectivity index (χ0) is 15.6. The second-order valence-electron chi connectivity index (χ2n) is 4.28. The van der Waals surface area contributed by atoms with Crippen LogP contribution in [0.2, 0.25) is 0 Å². The van der Waals surface area contributed by atoms with Crippen LogP contribution in [0.1, 0.15) is 15.9 Å². The molecule has 1 heterocycles. The number of ketones is 1. The summed E-state index contributed by atoms with van der Waals surface area (Å²) in [6.45, 7) is -0.663. The van der Waals surface area contributed by atoms with Crippen LogP contribution in [-0.4, -0.2) is 10.4 Å². The van der Waals surface area contributed by atoms with Crippen molar-refractivity contribution in [3.05, 3.63) is 69.9 Å². The Hall–Kier alpha value is -2.44. The third-order valence-electron chi connectivity index (χ3n) is 2.80. The van der Waals surface area contributed by atoms with Crippen LogP contribution >= 0.6 is 0 Å². The number of hydrogen-bond acceptors (Lipinski definition) is 2. The molecule has 110 valence electrons. The molecule has 0 unspecified atom stereocenters. The average molecular weight is 299 g/mol. The van der Waals surface area contributed by atoms with Crippen molar-refractivity contribution >= 4 is 5.78 Å². The van der Waals surface area contributed by atoms with Crippen molar-refractivity contribution in [3.63, 3.8) is 0 Å². The molecule has 0 amide bonds. The Morgan fingerprint density at radius 1 is 1.10 bits per heavy atom. The minimum atomic E-state index is -4.63. The lowest BCUT2D eigenvalue weighted by atomic mass is 10.1. The predicted octanol–water partition coefficient (Wildman–Crippen LogP) is 2.89. The number of benzene rings is 1. The van der Waals surface area contributed by atoms with Crippen LogP contribution in [0.4, 0.5) is 17.6 Å². The first-order valence-corrected chi connectivity index (χ1v) is 5.84. The number of Topliss-reactive ketones (excluding diaryl/α,β-unsaturated/α-hetero) is 1. The zero-order valence-electron chi connectivity index (χ0n) is 10.5. The predicted molar refractivity (Wildman–Crippen MR) is 66.4 cm³/mol. The Morgan fingerprint density at radius 3 is 2.38 bits per heavy atom. The van der Waals surface area contributed by atoms with Crippen molar-refractivity contribution in [1.29, 1.82) is 0 Å². The van der Waals surface area contributed by atoms with Crippen molar-refractivity contribution in [2.75, 3.05) is 0 Å². The zero-order valence-corrected chi connectivity index (χ0v) is 10.5. The molecule has 0 N–H and O–H groups in total. The SMILES string of the molecule is O=C(Cn1cc(C(F)(F)F)ccc1=O)c1ccccc1F. The summed E-state index contributed by atoms with van der Waals surface area (Å²) in [5.74, 6) is -1.57. The van der Waals surface area contributed by atoms with Crippen molar-refractivity contribution in [1.82, 2.24) is 4.57 Å². The van der Waals surface area contributed by atoms with Crippen molar-refractivity contribution < 1.29 is 22.4 Å². The molecule has 2 rings (SSSR count). The van der Waals surface area contributed by atoms with Gasteiger partial charge in [-0.3, -0.25) is 9.59 Å². The van der Waals surface area contributed by atoms with E-state index in [1.807, 2.05) is 0 Å². The molecule has 0 radical (unpaired) electrons. The molecular weight excluding hydrogens is 290 g/mol. The molecule has 7 heteroatoms. The van der Waals surface area contributed by atoms with E-state index in [0.717, 1.165) is 12.1 Å². The number of pyridine rings is 1. The first-order valence-electron chi connectivity index (χ1n) is 5.84. The second-order valence-corrected chi connectivity index (χ2v) is 4.28. The van der Waals surface area contributed by atoms with Gasteiger partial charge in [0.25, 0.3) is 5.56 Å². The van der Waals surface area contributed by atoms with Crippen LogP contribution in [0.25, 0.3) is 0 Å². The highest BCUT2D eigenvalue weighted by atomic mass is 19.4. The summed E-state index contributed by atoms with van der Waals surface area (Å²) in [6, 6.07) is 6.41. The molecular formula is C14H9F4NO2. The van der Waals surface area contributed by atoms with Crippen LogP contribution in [0.5, 0.6) is 0 Å². The van der Waals surface area contributed by atoms with E-state index in [4.69, 9.17) is 0 Å². The largest absolute Gasteiger partial charge is 0.417 e. The molecule has 0 aliphatic rings. The smallest absolute Gasteiger partial charge is 0.307 e. The van der Waals surface area contributed by atoms with E-state index in [1.54, 1.807) is 0 Å². The van der Waals surface area contributed by atoms with Gasteiger partial charge in [0.2, 0.25) is 0 Å². The van der Waals surface area contributed by atoms with Gasteiger partial charge >= 0.3 is 6.18 Å². The van der Waals surface area contributed by atoms with Gasteiger partial charge in [-0.2, -0.15) is 13.2 Å². The van der Waals surface area contributed by atoms with Gasteiger partial charge in [-0.15, -0.1) is 0 Å². The highest BCUT2D eigenvalue weighted by molar-refractivity contribution is 5.96. The molecule has 0 atom stereocenters. The third-order valence-corrected chi connectivity index (χ3v) is 2.80. The van der Waals surface area contributed by atoms with E-state index in [2.05, 4.69) is 0 Å². The number of halogens is 4. The minimum absolute atomic E-state index is 0.276. The van der Waals surface area contributed by atoms with Crippen LogP contribution in [0, 0.1) is 5.82 Å². The highest BCUT2D eigenvalue weighted by Gasteiger charge is 2.31. The van der Waals surface area contributed by atoms with E-state index in [0.29, 0.717) is 16.8 Å². The molecule has 3 nitrogen and oxygen atoms in total. The van der Waals surface area contributed by atoms with Gasteiger partial charge in [-0.25, -0.2) is 4.39 Å². The summed E-state index contributed by atoms with van der Waals surface area (Å²) >= 11 is 0. The van der Waals surface area contributed by atoms with E-state index in [9.17, 15) is 27.2 Å². The summed E-state index contributed by atoms with van der Waals surface area (Å²) in [4.78, 5) is 23.4. The molecule has 0 spiro atoms. The highest BCUT2D eigenvalue weighted by Crippen LogP contribution is 2.28. The molecule has 0 fully saturated rings. The molecule has 2 aromatic rings. The fraction of sp³-hybridized carbons (Fsp3) is 0.143. The molecule has 0 bridgehead atoms. The summed E-state index contributed by atoms with van der Waals surface area (Å²) in [6.07, 6.45) is -4.09. The number of carbonyl (C=O) groups is 1. The summed E-state index contributed by atoms with van der Waals surface area (Å²) < 4.78 is 51.7. The van der Waals surface area contributed by atoms with E-state index in [1.165, 1.54) is 18.2 Å². The second kappa shape index (κ2) is 5.51. The first-order chi connectivity index (χ1) is 9.79. The molecule has 1 aromatic carbocycles. The van der Waals surface area contributed by atoms with Gasteiger partial charge in [0, 0.05) is 12.3 Å². The Kier molecular flexibility index (Phi) is 3.93. The van der Waals surface area contributed by atoms with Gasteiger partial charge in [0.05, 0.1) is 17.7 Å². The van der Waals surface area contributed by atoms with E-state index in [-0.39, 0.29) is 5.56 Å². The Balaban J connectivity index is 2.34. The third kappa shape index (κ3) is 3.36. The molecule has 0 aliphatic carbocycles. The summed E-state index contributed by atoms with van der Waals surface area (Å²) in [5, 5.41) is 0. The number of carbonyl (C=O) groups excluding carboxylic acids is 1. The van der Waals surface area contributed by atoms with Gasteiger partial charge in [0.15, 0.2) is 5.78 Å². The topological polar surface area (TPSA) is 39.1 Å². The van der Waals surface area contributed by atoms with Crippen LogP contribution in [0.3, 0.4) is 0 Å². The van der Waals surface area contributed by atoms with Gasteiger partial charge < -0.3 is 4.57 Å². The summed E-state index contributed by atoms with van der Waals surface area (Å²) in [7, 11) is 0. The van der Waals surface area contributed by atoms with Gasteiger partial charge in [0.1, 0.15) is 5.82 Å². The molecule has 21 heavy (non-hydrogen) atoms. The maximum absolute atomic E-state index is 13.4. The van der Waals surface area contributed by atoms with Crippen molar-refractivity contribution in [3.8, 4) is 0 Å². The monoisotopic (exact) mass is 299 g/mol. The number of alkyl halides is 3. The fourth-order valence-corrected chi connectivity index (χ4v) is 1.75. The molecule has 0 aliphatic heterocycles. The van der Waals surface area contributed by atoms with Crippen LogP contribution in [-0.2, 0) is 12.7 Å². The normalized spacial score (nSPS) is 11.4. The standard InChI is InChI=1S/C14H9F4NO2/c15-11-4-2-1-3-10(11)12(20)8-19-7-9(14(16,17)18)5-6-13(19)21/h1-7H,8H2. The van der Waals surface area contributed by atoms with Crippen molar-refractivity contribution in [2.45, 2.75) is 12.7 Å². The first kappa shape index (κ1) is 15.0. The lowest BCUT2D eigenvalue weighted by Crippen LogP contribution is -2.25.